The molecule has 0 aromatic heterocycles. The Bertz CT molecular complexity index is 1120. The first-order valence-corrected chi connectivity index (χ1v) is 14.1. The van der Waals surface area contributed by atoms with E-state index in [1.807, 2.05) is 39.8 Å². The van der Waals surface area contributed by atoms with Crippen LogP contribution in [0.25, 0.3) is 0 Å². The Morgan fingerprint density at radius 3 is 2.23 bits per heavy atom. The third-order valence-electron chi connectivity index (χ3n) is 5.69. The van der Waals surface area contributed by atoms with Crippen LogP contribution >= 0.6 is 11.6 Å². The van der Waals surface area contributed by atoms with Gasteiger partial charge in [0.1, 0.15) is 12.6 Å². The predicted octanol–water partition coefficient (Wildman–Crippen LogP) is 4.45. The van der Waals surface area contributed by atoms with Crippen molar-refractivity contribution >= 4 is 39.1 Å². The van der Waals surface area contributed by atoms with E-state index < -0.39 is 28.5 Å². The lowest BCUT2D eigenvalue weighted by Gasteiger charge is -2.33. The quantitative estimate of drug-likeness (QED) is 0.418. The van der Waals surface area contributed by atoms with Crippen molar-refractivity contribution in [2.75, 3.05) is 23.7 Å². The number of hydrogen-bond acceptors (Lipinski definition) is 4. The summed E-state index contributed by atoms with van der Waals surface area (Å²) in [6.07, 6.45) is 3.20. The highest BCUT2D eigenvalue weighted by molar-refractivity contribution is 7.92. The van der Waals surface area contributed by atoms with Crippen molar-refractivity contribution < 1.29 is 18.0 Å². The standard InChI is InChI=1S/C26H36ClN3O4S/c1-6-8-13-28-26(32)24(7-2)29(17-21-11-9-10-12-23(21)27)25(31)18-30(35(5,33)34)22-15-19(3)14-20(4)16-22/h9-12,14-16,24H,6-8,13,17-18H2,1-5H3,(H,28,32)/t24-/m1/s1. The molecule has 0 heterocycles. The molecular formula is C26H36ClN3O4S. The van der Waals surface area contributed by atoms with Crippen LogP contribution < -0.4 is 9.62 Å². The van der Waals surface area contributed by atoms with Gasteiger partial charge in [-0.3, -0.25) is 13.9 Å². The molecule has 9 heteroatoms. The van der Waals surface area contributed by atoms with Gasteiger partial charge in [-0.25, -0.2) is 8.42 Å². The molecule has 2 rings (SSSR count). The molecule has 35 heavy (non-hydrogen) atoms. The van der Waals surface area contributed by atoms with Crippen molar-refractivity contribution in [2.24, 2.45) is 0 Å². The second-order valence-corrected chi connectivity index (χ2v) is 11.1. The van der Waals surface area contributed by atoms with Crippen molar-refractivity contribution in [3.8, 4) is 0 Å². The number of carbonyl (C=O) groups excluding carboxylic acids is 2. The van der Waals surface area contributed by atoms with Gasteiger partial charge in [-0.05, 0) is 61.6 Å². The summed E-state index contributed by atoms with van der Waals surface area (Å²) < 4.78 is 26.5. The summed E-state index contributed by atoms with van der Waals surface area (Å²) in [6.45, 7) is 7.77. The summed E-state index contributed by atoms with van der Waals surface area (Å²) in [7, 11) is -3.77. The maximum Gasteiger partial charge on any atom is 0.244 e. The zero-order valence-electron chi connectivity index (χ0n) is 21.2. The van der Waals surface area contributed by atoms with Gasteiger partial charge in [0.15, 0.2) is 0 Å². The smallest absolute Gasteiger partial charge is 0.244 e. The summed E-state index contributed by atoms with van der Waals surface area (Å²) in [5.74, 6) is -0.745. The van der Waals surface area contributed by atoms with Gasteiger partial charge in [-0.15, -0.1) is 0 Å². The molecule has 0 bridgehead atoms. The Labute approximate surface area is 214 Å². The van der Waals surface area contributed by atoms with E-state index in [0.29, 0.717) is 29.2 Å². The number of benzene rings is 2. The number of sulfonamides is 1. The molecule has 0 fully saturated rings. The highest BCUT2D eigenvalue weighted by Gasteiger charge is 2.32. The van der Waals surface area contributed by atoms with Crippen molar-refractivity contribution in [2.45, 2.75) is 59.5 Å². The van der Waals surface area contributed by atoms with Crippen LogP contribution in [-0.2, 0) is 26.2 Å². The molecule has 0 unspecified atom stereocenters. The molecular weight excluding hydrogens is 486 g/mol. The minimum atomic E-state index is -3.77. The number of carbonyl (C=O) groups is 2. The van der Waals surface area contributed by atoms with Crippen LogP contribution in [0.2, 0.25) is 5.02 Å². The van der Waals surface area contributed by atoms with Crippen LogP contribution in [-0.4, -0.2) is 50.5 Å². The van der Waals surface area contributed by atoms with Crippen LogP contribution in [0, 0.1) is 13.8 Å². The Hall–Kier alpha value is -2.58. The third-order valence-corrected chi connectivity index (χ3v) is 7.20. The van der Waals surface area contributed by atoms with Crippen LogP contribution in [0.1, 0.15) is 49.8 Å². The molecule has 0 aliphatic heterocycles. The molecule has 0 spiro atoms. The van der Waals surface area contributed by atoms with E-state index in [1.165, 1.54) is 4.90 Å². The van der Waals surface area contributed by atoms with Gasteiger partial charge in [0.05, 0.1) is 11.9 Å². The topological polar surface area (TPSA) is 86.8 Å². The average Bonchev–Trinajstić information content (AvgIpc) is 2.77. The summed E-state index contributed by atoms with van der Waals surface area (Å²) in [5.41, 5.74) is 2.86. The first-order valence-electron chi connectivity index (χ1n) is 11.8. The first kappa shape index (κ1) is 28.7. The van der Waals surface area contributed by atoms with E-state index in [-0.39, 0.29) is 12.5 Å². The van der Waals surface area contributed by atoms with Gasteiger partial charge in [-0.2, -0.15) is 0 Å². The highest BCUT2D eigenvalue weighted by atomic mass is 35.5. The number of anilines is 1. The van der Waals surface area contributed by atoms with Gasteiger partial charge < -0.3 is 10.2 Å². The highest BCUT2D eigenvalue weighted by Crippen LogP contribution is 2.24. The first-order chi connectivity index (χ1) is 16.5. The summed E-state index contributed by atoms with van der Waals surface area (Å²) in [6, 6.07) is 11.7. The van der Waals surface area contributed by atoms with Gasteiger partial charge in [0, 0.05) is 18.1 Å². The molecule has 0 aliphatic carbocycles. The Balaban J connectivity index is 2.45. The number of aryl methyl sites for hydroxylation is 2. The Morgan fingerprint density at radius 2 is 1.69 bits per heavy atom. The maximum atomic E-state index is 13.7. The molecule has 0 radical (unpaired) electrons. The van der Waals surface area contributed by atoms with Crippen molar-refractivity contribution in [1.82, 2.24) is 10.2 Å². The van der Waals surface area contributed by atoms with Crippen LogP contribution in [0.4, 0.5) is 5.69 Å². The third kappa shape index (κ3) is 8.25. The summed E-state index contributed by atoms with van der Waals surface area (Å²) in [4.78, 5) is 28.2. The summed E-state index contributed by atoms with van der Waals surface area (Å²) >= 11 is 6.37. The van der Waals surface area contributed by atoms with E-state index >= 15 is 0 Å². The number of hydrogen-bond donors (Lipinski definition) is 1. The van der Waals surface area contributed by atoms with Gasteiger partial charge in [0.2, 0.25) is 21.8 Å². The number of halogens is 1. The molecule has 2 aromatic rings. The van der Waals surface area contributed by atoms with Gasteiger partial charge in [0.25, 0.3) is 0 Å². The molecule has 0 saturated carbocycles. The Kier molecular flexibility index (Phi) is 10.6. The predicted molar refractivity (Wildman–Crippen MR) is 142 cm³/mol. The lowest BCUT2D eigenvalue weighted by Crippen LogP contribution is -2.52. The monoisotopic (exact) mass is 521 g/mol. The lowest BCUT2D eigenvalue weighted by atomic mass is 10.1. The SMILES string of the molecule is CCCCNC(=O)[C@@H](CC)N(Cc1ccccc1Cl)C(=O)CN(c1cc(C)cc(C)c1)S(C)(=O)=O. The van der Waals surface area contributed by atoms with Gasteiger partial charge >= 0.3 is 0 Å². The number of nitrogens with one attached hydrogen (secondary N) is 1. The second-order valence-electron chi connectivity index (χ2n) is 8.80. The fourth-order valence-electron chi connectivity index (χ4n) is 3.94. The van der Waals surface area contributed by atoms with Crippen LogP contribution in [0.15, 0.2) is 42.5 Å². The molecule has 7 nitrogen and oxygen atoms in total. The van der Waals surface area contributed by atoms with Gasteiger partial charge in [-0.1, -0.05) is 56.1 Å². The molecule has 2 amide bonds. The number of nitrogens with zero attached hydrogens (tertiary/aromatic N) is 2. The van der Waals surface area contributed by atoms with E-state index in [2.05, 4.69) is 5.32 Å². The van der Waals surface area contributed by atoms with Crippen molar-refractivity contribution in [3.05, 3.63) is 64.2 Å². The van der Waals surface area contributed by atoms with Crippen molar-refractivity contribution in [1.29, 1.82) is 0 Å². The molecule has 0 aliphatic rings. The largest absolute Gasteiger partial charge is 0.354 e. The maximum absolute atomic E-state index is 13.7. The van der Waals surface area contributed by atoms with E-state index in [4.69, 9.17) is 11.6 Å². The molecule has 1 N–H and O–H groups in total. The van der Waals surface area contributed by atoms with E-state index in [0.717, 1.165) is 34.5 Å². The number of unbranched alkanes of at least 4 members (excludes halogenated alkanes) is 1. The molecule has 192 valence electrons. The number of amides is 2. The number of rotatable bonds is 12. The van der Waals surface area contributed by atoms with Crippen LogP contribution in [0.3, 0.4) is 0 Å². The zero-order valence-corrected chi connectivity index (χ0v) is 22.7. The Morgan fingerprint density at radius 1 is 1.06 bits per heavy atom. The minimum absolute atomic E-state index is 0.0860. The van der Waals surface area contributed by atoms with Crippen molar-refractivity contribution in [3.63, 3.8) is 0 Å². The zero-order chi connectivity index (χ0) is 26.2. The second kappa shape index (κ2) is 12.9. The molecule has 2 aromatic carbocycles. The fourth-order valence-corrected chi connectivity index (χ4v) is 4.97. The molecule has 0 saturated heterocycles. The van der Waals surface area contributed by atoms with Crippen LogP contribution in [0.5, 0.6) is 0 Å². The normalized spacial score (nSPS) is 12.2. The van der Waals surface area contributed by atoms with E-state index in [1.54, 1.807) is 30.3 Å². The lowest BCUT2D eigenvalue weighted by molar-refractivity contribution is -0.140. The minimum Gasteiger partial charge on any atom is -0.354 e. The van der Waals surface area contributed by atoms with E-state index in [9.17, 15) is 18.0 Å². The summed E-state index contributed by atoms with van der Waals surface area (Å²) in [5, 5.41) is 3.38. The average molecular weight is 522 g/mol. The fraction of sp³-hybridized carbons (Fsp3) is 0.462. The molecule has 1 atom stereocenters.